The molecule has 0 bridgehead atoms. The highest BCUT2D eigenvalue weighted by atomic mass is 16.5. The molecule has 1 aliphatic carbocycles. The van der Waals surface area contributed by atoms with Gasteiger partial charge in [-0.15, -0.1) is 0 Å². The zero-order chi connectivity index (χ0) is 33.5. The van der Waals surface area contributed by atoms with Crippen molar-refractivity contribution in [2.75, 3.05) is 57.4 Å². The number of carbonyl (C=O) groups excluding carboxylic acids is 4. The normalized spacial score (nSPS) is 17.2. The van der Waals surface area contributed by atoms with Crippen LogP contribution >= 0.6 is 0 Å². The second-order valence-corrected chi connectivity index (χ2v) is 12.4. The fraction of sp³-hybridized carbons (Fsp3) is 0.686. The Morgan fingerprint density at radius 2 is 1.54 bits per heavy atom. The number of rotatable bonds is 16. The van der Waals surface area contributed by atoms with E-state index in [9.17, 15) is 19.2 Å². The van der Waals surface area contributed by atoms with Crippen LogP contribution in [0.15, 0.2) is 30.2 Å². The molecule has 0 radical (unpaired) electrons. The number of hydrogen-bond acceptors (Lipinski definition) is 9. The Hall–Kier alpha value is -3.47. The predicted octanol–water partition coefficient (Wildman–Crippen LogP) is 4.81. The molecular weight excluding hydrogens is 588 g/mol. The lowest BCUT2D eigenvalue weighted by Gasteiger charge is -2.42. The Bertz CT molecular complexity index is 1150. The van der Waals surface area contributed by atoms with Gasteiger partial charge in [-0.25, -0.2) is 4.98 Å². The molecule has 2 amide bonds. The Balaban J connectivity index is 1.68. The molecule has 1 saturated heterocycles. The van der Waals surface area contributed by atoms with E-state index in [0.29, 0.717) is 18.2 Å². The summed E-state index contributed by atoms with van der Waals surface area (Å²) in [5, 5.41) is 0. The average molecular weight is 643 g/mol. The summed E-state index contributed by atoms with van der Waals surface area (Å²) in [5.74, 6) is -0.488. The second-order valence-electron chi connectivity index (χ2n) is 12.4. The SMILES string of the molecule is C/C=C(\OCC)C(=O)N(c1ccc(C)cn1)C1CCN(CCC2(CC(=O)N(CC(=O)OCC)CC(=O)OCC)CCCCC2)CC1. The number of aryl methyl sites for hydroxylation is 1. The Morgan fingerprint density at radius 3 is 2.07 bits per heavy atom. The largest absolute Gasteiger partial charge is 0.488 e. The van der Waals surface area contributed by atoms with Crippen molar-refractivity contribution in [3.8, 4) is 0 Å². The number of carbonyl (C=O) groups is 4. The third-order valence-electron chi connectivity index (χ3n) is 9.06. The van der Waals surface area contributed by atoms with Gasteiger partial charge in [0.15, 0.2) is 5.76 Å². The standard InChI is InChI=1S/C35H54N4O7/c1-6-29(44-7-2)34(43)39(30-14-13-27(5)24-36-30)28-15-20-37(21-16-28)22-19-35(17-11-10-12-18-35)23-31(40)38(25-32(41)45-8-3)26-33(42)46-9-4/h6,13-14,24,28H,7-12,15-23,25-26H2,1-5H3/b29-6-. The first kappa shape index (κ1) is 37.0. The summed E-state index contributed by atoms with van der Waals surface area (Å²) in [6, 6.07) is 3.86. The topological polar surface area (TPSA) is 119 Å². The second kappa shape index (κ2) is 18.6. The molecule has 0 atom stereocenters. The maximum atomic E-state index is 13.7. The highest BCUT2D eigenvalue weighted by Crippen LogP contribution is 2.43. The van der Waals surface area contributed by atoms with Gasteiger partial charge in [0.1, 0.15) is 18.9 Å². The van der Waals surface area contributed by atoms with Gasteiger partial charge in [-0.3, -0.25) is 24.1 Å². The van der Waals surface area contributed by atoms with Gasteiger partial charge in [0.05, 0.1) is 19.8 Å². The van der Waals surface area contributed by atoms with Gasteiger partial charge >= 0.3 is 11.9 Å². The minimum absolute atomic E-state index is 0.0149. The van der Waals surface area contributed by atoms with Crippen LogP contribution in [0.2, 0.25) is 0 Å². The van der Waals surface area contributed by atoms with E-state index >= 15 is 0 Å². The van der Waals surface area contributed by atoms with Gasteiger partial charge in [-0.2, -0.15) is 0 Å². The van der Waals surface area contributed by atoms with Crippen molar-refractivity contribution in [3.05, 3.63) is 35.7 Å². The van der Waals surface area contributed by atoms with Crippen molar-refractivity contribution in [1.82, 2.24) is 14.8 Å². The maximum Gasteiger partial charge on any atom is 0.325 e. The third-order valence-corrected chi connectivity index (χ3v) is 9.06. The molecule has 46 heavy (non-hydrogen) atoms. The van der Waals surface area contributed by atoms with Gasteiger partial charge in [-0.1, -0.05) is 25.3 Å². The summed E-state index contributed by atoms with van der Waals surface area (Å²) in [7, 11) is 0. The number of piperidine rings is 1. The summed E-state index contributed by atoms with van der Waals surface area (Å²) >= 11 is 0. The average Bonchev–Trinajstić information content (AvgIpc) is 3.04. The molecule has 256 valence electrons. The number of nitrogens with zero attached hydrogens (tertiary/aromatic N) is 4. The highest BCUT2D eigenvalue weighted by molar-refractivity contribution is 6.04. The van der Waals surface area contributed by atoms with Crippen LogP contribution in [0.4, 0.5) is 5.82 Å². The summed E-state index contributed by atoms with van der Waals surface area (Å²) in [4.78, 5) is 62.0. The van der Waals surface area contributed by atoms with E-state index in [4.69, 9.17) is 14.2 Å². The molecule has 3 rings (SSSR count). The van der Waals surface area contributed by atoms with Crippen LogP contribution in [0.1, 0.15) is 91.0 Å². The van der Waals surface area contributed by atoms with Crippen molar-refractivity contribution < 1.29 is 33.4 Å². The van der Waals surface area contributed by atoms with Gasteiger partial charge in [0, 0.05) is 31.7 Å². The fourth-order valence-corrected chi connectivity index (χ4v) is 6.61. The van der Waals surface area contributed by atoms with Gasteiger partial charge in [0.2, 0.25) is 5.91 Å². The summed E-state index contributed by atoms with van der Waals surface area (Å²) in [5.41, 5.74) is 0.835. The molecule has 0 N–H and O–H groups in total. The first-order valence-electron chi connectivity index (χ1n) is 17.0. The van der Waals surface area contributed by atoms with Gasteiger partial charge in [0.25, 0.3) is 5.91 Å². The van der Waals surface area contributed by atoms with E-state index in [1.165, 1.54) is 4.90 Å². The minimum atomic E-state index is -0.531. The smallest absolute Gasteiger partial charge is 0.325 e. The van der Waals surface area contributed by atoms with Gasteiger partial charge < -0.3 is 24.0 Å². The van der Waals surface area contributed by atoms with E-state index in [1.807, 2.05) is 32.9 Å². The molecule has 1 saturated carbocycles. The first-order chi connectivity index (χ1) is 22.1. The van der Waals surface area contributed by atoms with Crippen molar-refractivity contribution in [3.63, 3.8) is 0 Å². The number of pyridine rings is 1. The van der Waals surface area contributed by atoms with E-state index in [0.717, 1.165) is 76.6 Å². The van der Waals surface area contributed by atoms with E-state index in [1.54, 1.807) is 31.0 Å². The number of allylic oxidation sites excluding steroid dienone is 1. The lowest BCUT2D eigenvalue weighted by molar-refractivity contribution is -0.155. The molecule has 2 heterocycles. The van der Waals surface area contributed by atoms with Crippen molar-refractivity contribution in [2.45, 2.75) is 98.4 Å². The molecule has 0 unspecified atom stereocenters. The number of amides is 2. The molecule has 1 aliphatic heterocycles. The van der Waals surface area contributed by atoms with Crippen molar-refractivity contribution in [2.24, 2.45) is 5.41 Å². The molecule has 2 fully saturated rings. The lowest BCUT2D eigenvalue weighted by Crippen LogP contribution is -2.49. The Labute approximate surface area is 274 Å². The molecule has 0 aromatic carbocycles. The number of esters is 2. The van der Waals surface area contributed by atoms with Crippen LogP contribution in [0.25, 0.3) is 0 Å². The number of aromatic nitrogens is 1. The highest BCUT2D eigenvalue weighted by Gasteiger charge is 2.38. The van der Waals surface area contributed by atoms with Crippen LogP contribution < -0.4 is 4.90 Å². The third kappa shape index (κ3) is 10.8. The number of ether oxygens (including phenoxy) is 3. The first-order valence-corrected chi connectivity index (χ1v) is 17.0. The zero-order valence-corrected chi connectivity index (χ0v) is 28.6. The van der Waals surface area contributed by atoms with Crippen LogP contribution in [0, 0.1) is 12.3 Å². The van der Waals surface area contributed by atoms with Gasteiger partial charge in [-0.05, 0) is 96.4 Å². The van der Waals surface area contributed by atoms with Crippen molar-refractivity contribution >= 4 is 29.6 Å². The molecule has 1 aromatic rings. The Morgan fingerprint density at radius 1 is 0.935 bits per heavy atom. The van der Waals surface area contributed by atoms with Crippen LogP contribution in [0.3, 0.4) is 0 Å². The molecular formula is C35H54N4O7. The maximum absolute atomic E-state index is 13.7. The molecule has 2 aliphatic rings. The fourth-order valence-electron chi connectivity index (χ4n) is 6.61. The number of hydrogen-bond donors (Lipinski definition) is 0. The van der Waals surface area contributed by atoms with Crippen LogP contribution in [-0.2, 0) is 33.4 Å². The summed E-state index contributed by atoms with van der Waals surface area (Å²) in [6.07, 6.45) is 11.4. The van der Waals surface area contributed by atoms with E-state index < -0.39 is 11.9 Å². The van der Waals surface area contributed by atoms with E-state index in [2.05, 4.69) is 9.88 Å². The minimum Gasteiger partial charge on any atom is -0.488 e. The Kier molecular flexibility index (Phi) is 15.0. The summed E-state index contributed by atoms with van der Waals surface area (Å²) < 4.78 is 15.8. The molecule has 0 spiro atoms. The predicted molar refractivity (Wildman–Crippen MR) is 176 cm³/mol. The van der Waals surface area contributed by atoms with Crippen LogP contribution in [-0.4, -0.2) is 97.1 Å². The lowest BCUT2D eigenvalue weighted by atomic mass is 9.69. The number of likely N-dealkylation sites (tertiary alicyclic amines) is 1. The molecule has 11 heteroatoms. The zero-order valence-electron chi connectivity index (χ0n) is 28.6. The van der Waals surface area contributed by atoms with Crippen LogP contribution in [0.5, 0.6) is 0 Å². The molecule has 1 aromatic heterocycles. The van der Waals surface area contributed by atoms with E-state index in [-0.39, 0.29) is 56.0 Å². The van der Waals surface area contributed by atoms with Crippen molar-refractivity contribution in [1.29, 1.82) is 0 Å². The quantitative estimate of drug-likeness (QED) is 0.142. The number of anilines is 1. The summed E-state index contributed by atoms with van der Waals surface area (Å²) in [6.45, 7) is 11.9. The molecule has 11 nitrogen and oxygen atoms in total. The monoisotopic (exact) mass is 642 g/mol.